The predicted molar refractivity (Wildman–Crippen MR) is 98.2 cm³/mol. The Hall–Kier alpha value is -2.30. The molecule has 1 aromatic carbocycles. The summed E-state index contributed by atoms with van der Waals surface area (Å²) in [5, 5.41) is 11.4. The summed E-state index contributed by atoms with van der Waals surface area (Å²) in [6.45, 7) is 5.81. The highest BCUT2D eigenvalue weighted by atomic mass is 15.3. The third-order valence-electron chi connectivity index (χ3n) is 5.15. The van der Waals surface area contributed by atoms with E-state index in [4.69, 9.17) is 0 Å². The molecule has 1 aliphatic carbocycles. The van der Waals surface area contributed by atoms with Crippen molar-refractivity contribution in [2.75, 3.05) is 13.6 Å². The summed E-state index contributed by atoms with van der Waals surface area (Å²) in [5.74, 6) is 0.847. The number of benzene rings is 1. The molecule has 1 fully saturated rings. The van der Waals surface area contributed by atoms with Crippen LogP contribution >= 0.6 is 0 Å². The van der Waals surface area contributed by atoms with Crippen LogP contribution in [0.4, 0.5) is 0 Å². The van der Waals surface area contributed by atoms with Crippen molar-refractivity contribution < 1.29 is 0 Å². The van der Waals surface area contributed by atoms with Gasteiger partial charge in [-0.2, -0.15) is 5.10 Å². The lowest BCUT2D eigenvalue weighted by atomic mass is 9.96. The zero-order valence-electron chi connectivity index (χ0n) is 15.1. The number of aliphatic imine (C=N–C) groups is 1. The van der Waals surface area contributed by atoms with E-state index in [0.717, 1.165) is 24.7 Å². The Kier molecular flexibility index (Phi) is 4.60. The van der Waals surface area contributed by atoms with E-state index >= 15 is 0 Å². The van der Waals surface area contributed by atoms with E-state index < -0.39 is 0 Å². The number of nitrogens with zero attached hydrogens (tertiary/aromatic N) is 3. The Balaban J connectivity index is 1.58. The van der Waals surface area contributed by atoms with Crippen molar-refractivity contribution in [3.63, 3.8) is 0 Å². The molecule has 5 nitrogen and oxygen atoms in total. The zero-order valence-corrected chi connectivity index (χ0v) is 15.1. The average Bonchev–Trinajstić information content (AvgIpc) is 3.34. The molecule has 2 N–H and O–H groups in total. The van der Waals surface area contributed by atoms with Crippen LogP contribution < -0.4 is 10.6 Å². The average molecular weight is 325 g/mol. The normalized spacial score (nSPS) is 16.1. The molecule has 1 saturated carbocycles. The fraction of sp³-hybridized carbons (Fsp3) is 0.474. The molecular formula is C19H27N5. The summed E-state index contributed by atoms with van der Waals surface area (Å²) in [5.41, 5.74) is 5.20. The van der Waals surface area contributed by atoms with Crippen molar-refractivity contribution in [3.8, 4) is 0 Å². The van der Waals surface area contributed by atoms with Gasteiger partial charge in [0.05, 0.1) is 5.69 Å². The van der Waals surface area contributed by atoms with Crippen LogP contribution in [-0.2, 0) is 19.0 Å². The standard InChI is InChI=1S/C19H27N5/c1-14-17(15(2)24(4)23-14)12-21-18(20-3)22-13-19(10-11-19)16-8-6-5-7-9-16/h5-9H,10-13H2,1-4H3,(H2,20,21,22). The quantitative estimate of drug-likeness (QED) is 0.656. The van der Waals surface area contributed by atoms with E-state index in [1.54, 1.807) is 0 Å². The maximum Gasteiger partial charge on any atom is 0.191 e. The van der Waals surface area contributed by atoms with E-state index in [1.807, 2.05) is 18.8 Å². The number of hydrogen-bond donors (Lipinski definition) is 2. The van der Waals surface area contributed by atoms with Gasteiger partial charge in [0, 0.05) is 43.9 Å². The van der Waals surface area contributed by atoms with E-state index in [0.29, 0.717) is 0 Å². The van der Waals surface area contributed by atoms with Crippen LogP contribution in [0.3, 0.4) is 0 Å². The number of guanidine groups is 1. The largest absolute Gasteiger partial charge is 0.356 e. The summed E-state index contributed by atoms with van der Waals surface area (Å²) in [6, 6.07) is 10.8. The SMILES string of the molecule is CN=C(NCc1c(C)nn(C)c1C)NCC1(c2ccccc2)CC1. The summed E-state index contributed by atoms with van der Waals surface area (Å²) >= 11 is 0. The van der Waals surface area contributed by atoms with Crippen LogP contribution in [0.25, 0.3) is 0 Å². The first-order valence-electron chi connectivity index (χ1n) is 8.55. The zero-order chi connectivity index (χ0) is 17.2. The van der Waals surface area contributed by atoms with Crippen LogP contribution in [0, 0.1) is 13.8 Å². The summed E-state index contributed by atoms with van der Waals surface area (Å²) in [6.07, 6.45) is 2.48. The van der Waals surface area contributed by atoms with E-state index in [1.165, 1.54) is 29.7 Å². The lowest BCUT2D eigenvalue weighted by Gasteiger charge is -2.19. The molecule has 0 amide bonds. The molecule has 0 atom stereocenters. The Labute approximate surface area is 144 Å². The van der Waals surface area contributed by atoms with Gasteiger partial charge in [-0.25, -0.2) is 0 Å². The van der Waals surface area contributed by atoms with Gasteiger partial charge in [0.25, 0.3) is 0 Å². The number of aryl methyl sites for hydroxylation is 2. The highest BCUT2D eigenvalue weighted by molar-refractivity contribution is 5.79. The van der Waals surface area contributed by atoms with Gasteiger partial charge in [-0.3, -0.25) is 9.67 Å². The molecule has 1 aromatic heterocycles. The maximum atomic E-state index is 4.47. The molecule has 0 unspecified atom stereocenters. The minimum atomic E-state index is 0.277. The maximum absolute atomic E-state index is 4.47. The smallest absolute Gasteiger partial charge is 0.191 e. The summed E-state index contributed by atoms with van der Waals surface area (Å²) in [4.78, 5) is 4.36. The van der Waals surface area contributed by atoms with Crippen molar-refractivity contribution in [1.82, 2.24) is 20.4 Å². The van der Waals surface area contributed by atoms with Gasteiger partial charge < -0.3 is 10.6 Å². The van der Waals surface area contributed by atoms with Crippen LogP contribution in [0.5, 0.6) is 0 Å². The van der Waals surface area contributed by atoms with Crippen LogP contribution in [0.15, 0.2) is 35.3 Å². The molecule has 2 aromatic rings. The highest BCUT2D eigenvalue weighted by Crippen LogP contribution is 2.47. The fourth-order valence-corrected chi connectivity index (χ4v) is 3.23. The molecule has 0 aliphatic heterocycles. The predicted octanol–water partition coefficient (Wildman–Crippen LogP) is 2.43. The van der Waals surface area contributed by atoms with Crippen LogP contribution in [-0.4, -0.2) is 29.3 Å². The highest BCUT2D eigenvalue weighted by Gasteiger charge is 2.43. The number of nitrogens with one attached hydrogen (secondary N) is 2. The van der Waals surface area contributed by atoms with Crippen molar-refractivity contribution in [2.45, 2.75) is 38.6 Å². The second-order valence-corrected chi connectivity index (χ2v) is 6.70. The molecule has 0 spiro atoms. The Morgan fingerprint density at radius 3 is 2.46 bits per heavy atom. The first-order valence-corrected chi connectivity index (χ1v) is 8.55. The Bertz CT molecular complexity index is 726. The summed E-state index contributed by atoms with van der Waals surface area (Å²) in [7, 11) is 3.80. The van der Waals surface area contributed by atoms with Gasteiger partial charge in [-0.05, 0) is 32.3 Å². The molecule has 0 radical (unpaired) electrons. The van der Waals surface area contributed by atoms with Crippen molar-refractivity contribution in [1.29, 1.82) is 0 Å². The van der Waals surface area contributed by atoms with Gasteiger partial charge in [-0.15, -0.1) is 0 Å². The molecule has 3 rings (SSSR count). The molecule has 24 heavy (non-hydrogen) atoms. The topological polar surface area (TPSA) is 54.2 Å². The van der Waals surface area contributed by atoms with E-state index in [-0.39, 0.29) is 5.41 Å². The fourth-order valence-electron chi connectivity index (χ4n) is 3.23. The minimum absolute atomic E-state index is 0.277. The summed E-state index contributed by atoms with van der Waals surface area (Å²) < 4.78 is 1.93. The first kappa shape index (κ1) is 16.6. The molecule has 0 saturated heterocycles. The van der Waals surface area contributed by atoms with Crippen molar-refractivity contribution >= 4 is 5.96 Å². The van der Waals surface area contributed by atoms with Gasteiger partial charge in [0.15, 0.2) is 5.96 Å². The van der Waals surface area contributed by atoms with Gasteiger partial charge >= 0.3 is 0 Å². The third kappa shape index (κ3) is 3.30. The Morgan fingerprint density at radius 1 is 1.21 bits per heavy atom. The lowest BCUT2D eigenvalue weighted by Crippen LogP contribution is -2.41. The van der Waals surface area contributed by atoms with Crippen LogP contribution in [0.1, 0.15) is 35.4 Å². The van der Waals surface area contributed by atoms with Gasteiger partial charge in [0.2, 0.25) is 0 Å². The van der Waals surface area contributed by atoms with E-state index in [2.05, 4.69) is 64.9 Å². The lowest BCUT2D eigenvalue weighted by molar-refractivity contribution is 0.645. The van der Waals surface area contributed by atoms with Crippen molar-refractivity contribution in [3.05, 3.63) is 52.8 Å². The number of aromatic nitrogens is 2. The Morgan fingerprint density at radius 2 is 1.92 bits per heavy atom. The minimum Gasteiger partial charge on any atom is -0.356 e. The monoisotopic (exact) mass is 325 g/mol. The number of hydrogen-bond acceptors (Lipinski definition) is 2. The molecule has 1 aliphatic rings. The second kappa shape index (κ2) is 6.67. The molecule has 1 heterocycles. The molecular weight excluding hydrogens is 298 g/mol. The second-order valence-electron chi connectivity index (χ2n) is 6.70. The number of rotatable bonds is 5. The van der Waals surface area contributed by atoms with Gasteiger partial charge in [0.1, 0.15) is 0 Å². The van der Waals surface area contributed by atoms with Crippen molar-refractivity contribution in [2.24, 2.45) is 12.0 Å². The van der Waals surface area contributed by atoms with Crippen LogP contribution in [0.2, 0.25) is 0 Å². The molecule has 128 valence electrons. The third-order valence-corrected chi connectivity index (χ3v) is 5.15. The molecule has 0 bridgehead atoms. The van der Waals surface area contributed by atoms with Gasteiger partial charge in [-0.1, -0.05) is 30.3 Å². The first-order chi connectivity index (χ1) is 11.6. The van der Waals surface area contributed by atoms with E-state index in [9.17, 15) is 0 Å². The molecule has 5 heteroatoms.